The number of benzene rings is 3. The number of sulfonamides is 1. The molecule has 1 aliphatic carbocycles. The molecule has 0 spiro atoms. The number of hydrogen-bond donors (Lipinski definition) is 1. The van der Waals surface area contributed by atoms with Crippen molar-refractivity contribution in [1.29, 1.82) is 0 Å². The Labute approximate surface area is 212 Å². The van der Waals surface area contributed by atoms with Gasteiger partial charge in [-0.25, -0.2) is 12.8 Å². The van der Waals surface area contributed by atoms with Crippen molar-refractivity contribution < 1.29 is 17.6 Å². The summed E-state index contributed by atoms with van der Waals surface area (Å²) in [5, 5.41) is 3.02. The fourth-order valence-electron chi connectivity index (χ4n) is 4.62. The van der Waals surface area contributed by atoms with E-state index in [1.54, 1.807) is 0 Å². The molecule has 0 saturated heterocycles. The predicted octanol–water partition coefficient (Wildman–Crippen LogP) is 5.41. The van der Waals surface area contributed by atoms with E-state index < -0.39 is 15.8 Å². The predicted molar refractivity (Wildman–Crippen MR) is 141 cm³/mol. The van der Waals surface area contributed by atoms with E-state index in [0.717, 1.165) is 54.6 Å². The van der Waals surface area contributed by atoms with Gasteiger partial charge in [0.25, 0.3) is 0 Å². The maximum atomic E-state index is 13.7. The highest BCUT2D eigenvalue weighted by Crippen LogP contribution is 2.30. The Bertz CT molecular complexity index is 1290. The van der Waals surface area contributed by atoms with Crippen LogP contribution in [0, 0.1) is 11.7 Å². The highest BCUT2D eigenvalue weighted by Gasteiger charge is 2.27. The van der Waals surface area contributed by atoms with E-state index in [-0.39, 0.29) is 29.8 Å². The Hall–Kier alpha value is -3.23. The van der Waals surface area contributed by atoms with Gasteiger partial charge in [0.05, 0.1) is 4.90 Å². The maximum absolute atomic E-state index is 13.7. The van der Waals surface area contributed by atoms with Crippen molar-refractivity contribution in [2.24, 2.45) is 5.92 Å². The first-order valence-corrected chi connectivity index (χ1v) is 13.6. The summed E-state index contributed by atoms with van der Waals surface area (Å²) in [5.41, 5.74) is 3.08. The van der Waals surface area contributed by atoms with E-state index in [1.165, 1.54) is 16.4 Å². The molecule has 0 aliphatic heterocycles. The van der Waals surface area contributed by atoms with Gasteiger partial charge in [-0.3, -0.25) is 4.79 Å². The summed E-state index contributed by atoms with van der Waals surface area (Å²) >= 11 is 0. The van der Waals surface area contributed by atoms with Crippen LogP contribution in [0.25, 0.3) is 0 Å². The van der Waals surface area contributed by atoms with Crippen LogP contribution in [0.4, 0.5) is 15.8 Å². The highest BCUT2D eigenvalue weighted by atomic mass is 32.2. The topological polar surface area (TPSA) is 69.7 Å². The van der Waals surface area contributed by atoms with Gasteiger partial charge < -0.3 is 10.2 Å². The molecule has 0 bridgehead atoms. The number of carbonyl (C=O) groups excluding carboxylic acids is 1. The number of nitrogens with one attached hydrogen (secondary N) is 1. The molecule has 3 aromatic rings. The summed E-state index contributed by atoms with van der Waals surface area (Å²) < 4.78 is 42.3. The van der Waals surface area contributed by atoms with E-state index in [2.05, 4.69) is 5.32 Å². The fraction of sp³-hybridized carbons (Fsp3) is 0.321. The molecule has 0 atom stereocenters. The Morgan fingerprint density at radius 1 is 0.944 bits per heavy atom. The minimum absolute atomic E-state index is 0.0103. The smallest absolute Gasteiger partial charge is 0.243 e. The average molecular weight is 510 g/mol. The second kappa shape index (κ2) is 11.2. The van der Waals surface area contributed by atoms with Crippen LogP contribution in [0.3, 0.4) is 0 Å². The summed E-state index contributed by atoms with van der Waals surface area (Å²) in [6.45, 7) is 0.224. The van der Waals surface area contributed by atoms with Gasteiger partial charge >= 0.3 is 0 Å². The molecule has 4 rings (SSSR count). The van der Waals surface area contributed by atoms with Crippen molar-refractivity contribution in [3.8, 4) is 0 Å². The lowest BCUT2D eigenvalue weighted by Crippen LogP contribution is -2.31. The molecule has 8 heteroatoms. The molecule has 1 amide bonds. The molecule has 190 valence electrons. The van der Waals surface area contributed by atoms with Crippen molar-refractivity contribution in [3.63, 3.8) is 0 Å². The lowest BCUT2D eigenvalue weighted by molar-refractivity contribution is -0.119. The summed E-state index contributed by atoms with van der Waals surface area (Å²) in [5.74, 6) is -0.462. The van der Waals surface area contributed by atoms with Crippen LogP contribution in [0.2, 0.25) is 0 Å². The monoisotopic (exact) mass is 509 g/mol. The molecule has 1 aliphatic rings. The first-order valence-electron chi connectivity index (χ1n) is 12.1. The van der Waals surface area contributed by atoms with Crippen LogP contribution in [-0.2, 0) is 27.9 Å². The zero-order chi connectivity index (χ0) is 25.7. The standard InChI is InChI=1S/C28H32FN3O3S/c1-31(2)27-17-14-25(30-28(33)22-10-6-7-11-22)18-23(27)20-32(19-21-8-4-3-5-9-21)36(34,35)26-15-12-24(29)13-16-26/h3-5,8-9,12-18,22H,6-7,10-11,19-20H2,1-2H3,(H,30,33). The molecule has 0 radical (unpaired) electrons. The van der Waals surface area contributed by atoms with E-state index in [1.807, 2.05) is 67.5 Å². The summed E-state index contributed by atoms with van der Waals surface area (Å²) in [6, 6.07) is 19.8. The Balaban J connectivity index is 1.69. The normalized spacial score (nSPS) is 14.2. The first-order chi connectivity index (χ1) is 17.2. The van der Waals surface area contributed by atoms with Crippen molar-refractivity contribution in [1.82, 2.24) is 4.31 Å². The van der Waals surface area contributed by atoms with Crippen molar-refractivity contribution >= 4 is 27.3 Å². The minimum Gasteiger partial charge on any atom is -0.377 e. The summed E-state index contributed by atoms with van der Waals surface area (Å²) in [6.07, 6.45) is 3.93. The van der Waals surface area contributed by atoms with Gasteiger partial charge in [-0.2, -0.15) is 4.31 Å². The lowest BCUT2D eigenvalue weighted by atomic mass is 10.1. The highest BCUT2D eigenvalue weighted by molar-refractivity contribution is 7.89. The first kappa shape index (κ1) is 25.9. The van der Waals surface area contributed by atoms with Crippen LogP contribution in [0.15, 0.2) is 77.7 Å². The van der Waals surface area contributed by atoms with Crippen LogP contribution < -0.4 is 10.2 Å². The van der Waals surface area contributed by atoms with Crippen LogP contribution in [0.1, 0.15) is 36.8 Å². The number of rotatable bonds is 9. The number of hydrogen-bond acceptors (Lipinski definition) is 4. The summed E-state index contributed by atoms with van der Waals surface area (Å²) in [4.78, 5) is 14.7. The molecular formula is C28H32FN3O3S. The average Bonchev–Trinajstić information content (AvgIpc) is 3.40. The Morgan fingerprint density at radius 3 is 2.25 bits per heavy atom. The van der Waals surface area contributed by atoms with Gasteiger partial charge in [-0.05, 0) is 66.4 Å². The van der Waals surface area contributed by atoms with Crippen LogP contribution in [-0.4, -0.2) is 32.7 Å². The van der Waals surface area contributed by atoms with E-state index in [4.69, 9.17) is 0 Å². The number of halogens is 1. The maximum Gasteiger partial charge on any atom is 0.243 e. The van der Waals surface area contributed by atoms with Gasteiger partial charge in [0.2, 0.25) is 15.9 Å². The number of anilines is 2. The second-order valence-corrected chi connectivity index (χ2v) is 11.4. The number of nitrogens with zero attached hydrogens (tertiary/aromatic N) is 2. The molecule has 36 heavy (non-hydrogen) atoms. The molecule has 6 nitrogen and oxygen atoms in total. The molecular weight excluding hydrogens is 477 g/mol. The van der Waals surface area contributed by atoms with E-state index in [9.17, 15) is 17.6 Å². The molecule has 0 heterocycles. The molecule has 1 fully saturated rings. The Morgan fingerprint density at radius 2 is 1.61 bits per heavy atom. The van der Waals surface area contributed by atoms with E-state index in [0.29, 0.717) is 5.69 Å². The Kier molecular flexibility index (Phi) is 8.06. The van der Waals surface area contributed by atoms with Crippen LogP contribution in [0.5, 0.6) is 0 Å². The van der Waals surface area contributed by atoms with Crippen molar-refractivity contribution in [3.05, 3.63) is 89.7 Å². The third-order valence-electron chi connectivity index (χ3n) is 6.55. The van der Waals surface area contributed by atoms with Crippen molar-refractivity contribution in [2.45, 2.75) is 43.7 Å². The lowest BCUT2D eigenvalue weighted by Gasteiger charge is -2.26. The molecule has 1 saturated carbocycles. The molecule has 0 aromatic heterocycles. The summed E-state index contributed by atoms with van der Waals surface area (Å²) in [7, 11) is -0.156. The third kappa shape index (κ3) is 6.12. The zero-order valence-corrected chi connectivity index (χ0v) is 21.5. The minimum atomic E-state index is -3.94. The van der Waals surface area contributed by atoms with Crippen molar-refractivity contribution in [2.75, 3.05) is 24.3 Å². The molecule has 1 N–H and O–H groups in total. The SMILES string of the molecule is CN(C)c1ccc(NC(=O)C2CCCC2)cc1CN(Cc1ccccc1)S(=O)(=O)c1ccc(F)cc1. The number of carbonyl (C=O) groups is 1. The zero-order valence-electron chi connectivity index (χ0n) is 20.7. The number of amides is 1. The van der Waals surface area contributed by atoms with Gasteiger partial charge in [0, 0.05) is 44.5 Å². The van der Waals surface area contributed by atoms with Gasteiger partial charge in [0.15, 0.2) is 0 Å². The second-order valence-electron chi connectivity index (χ2n) is 9.42. The third-order valence-corrected chi connectivity index (χ3v) is 8.36. The van der Waals surface area contributed by atoms with Gasteiger partial charge in [-0.15, -0.1) is 0 Å². The van der Waals surface area contributed by atoms with Gasteiger partial charge in [-0.1, -0.05) is 43.2 Å². The van der Waals surface area contributed by atoms with Gasteiger partial charge in [0.1, 0.15) is 5.82 Å². The fourth-order valence-corrected chi connectivity index (χ4v) is 6.02. The van der Waals surface area contributed by atoms with Crippen LogP contribution >= 0.6 is 0 Å². The quantitative estimate of drug-likeness (QED) is 0.419. The largest absolute Gasteiger partial charge is 0.377 e. The molecule has 0 unspecified atom stereocenters. The molecule has 3 aromatic carbocycles. The van der Waals surface area contributed by atoms with E-state index >= 15 is 0 Å².